The van der Waals surface area contributed by atoms with Gasteiger partial charge in [-0.3, -0.25) is 0 Å². The summed E-state index contributed by atoms with van der Waals surface area (Å²) >= 11 is 0. The molecule has 2 amide bonds. The van der Waals surface area contributed by atoms with Gasteiger partial charge in [0.25, 0.3) is 0 Å². The SMILES string of the molecule is CC(C)(C)OC(=O)N1C[C@@H]2CN(C(=O)OCc3ccc(OC(F)(F)F)cc3)C[C@@]2(C)C1. The Morgan fingerprint density at radius 1 is 1.03 bits per heavy atom. The van der Waals surface area contributed by atoms with Crippen LogP contribution in [-0.4, -0.2) is 60.1 Å². The molecule has 2 fully saturated rings. The molecule has 7 nitrogen and oxygen atoms in total. The Morgan fingerprint density at radius 3 is 2.06 bits per heavy atom. The number of hydrogen-bond donors (Lipinski definition) is 0. The zero-order valence-electron chi connectivity index (χ0n) is 18.0. The molecule has 1 aromatic rings. The molecule has 0 spiro atoms. The van der Waals surface area contributed by atoms with Gasteiger partial charge in [-0.1, -0.05) is 19.1 Å². The predicted molar refractivity (Wildman–Crippen MR) is 104 cm³/mol. The molecule has 2 aliphatic heterocycles. The quantitative estimate of drug-likeness (QED) is 0.691. The Bertz CT molecular complexity index is 822. The maximum Gasteiger partial charge on any atom is 0.573 e. The van der Waals surface area contributed by atoms with Crippen molar-refractivity contribution in [1.82, 2.24) is 9.80 Å². The van der Waals surface area contributed by atoms with Gasteiger partial charge >= 0.3 is 18.5 Å². The molecule has 0 N–H and O–H groups in total. The van der Waals surface area contributed by atoms with Gasteiger partial charge in [-0.15, -0.1) is 13.2 Å². The van der Waals surface area contributed by atoms with E-state index >= 15 is 0 Å². The Labute approximate surface area is 179 Å². The molecule has 2 saturated heterocycles. The Hall–Kier alpha value is -2.65. The third kappa shape index (κ3) is 5.95. The van der Waals surface area contributed by atoms with Gasteiger partial charge in [-0.2, -0.15) is 0 Å². The molecule has 31 heavy (non-hydrogen) atoms. The highest BCUT2D eigenvalue weighted by Gasteiger charge is 2.52. The maximum absolute atomic E-state index is 12.5. The van der Waals surface area contributed by atoms with E-state index < -0.39 is 18.1 Å². The molecule has 0 radical (unpaired) electrons. The monoisotopic (exact) mass is 444 g/mol. The van der Waals surface area contributed by atoms with Crippen molar-refractivity contribution in [2.75, 3.05) is 26.2 Å². The summed E-state index contributed by atoms with van der Waals surface area (Å²) < 4.78 is 51.2. The van der Waals surface area contributed by atoms with Crippen molar-refractivity contribution in [1.29, 1.82) is 0 Å². The van der Waals surface area contributed by atoms with Crippen LogP contribution in [0.3, 0.4) is 0 Å². The second kappa shape index (κ2) is 8.12. The normalized spacial score (nSPS) is 23.5. The zero-order valence-corrected chi connectivity index (χ0v) is 18.0. The molecule has 2 atom stereocenters. The first-order valence-corrected chi connectivity index (χ1v) is 9.98. The number of rotatable bonds is 3. The molecule has 10 heteroatoms. The van der Waals surface area contributed by atoms with E-state index in [-0.39, 0.29) is 29.8 Å². The summed E-state index contributed by atoms with van der Waals surface area (Å²) in [7, 11) is 0. The number of carbonyl (C=O) groups excluding carboxylic acids is 2. The van der Waals surface area contributed by atoms with Crippen LogP contribution in [0.15, 0.2) is 24.3 Å². The van der Waals surface area contributed by atoms with Gasteiger partial charge < -0.3 is 24.0 Å². The molecular formula is C21H27F3N2O5. The fourth-order valence-electron chi connectivity index (χ4n) is 3.97. The second-order valence-electron chi connectivity index (χ2n) is 9.34. The average molecular weight is 444 g/mol. The van der Waals surface area contributed by atoms with Gasteiger partial charge in [0, 0.05) is 37.5 Å². The average Bonchev–Trinajstić information content (AvgIpc) is 3.10. The molecular weight excluding hydrogens is 417 g/mol. The highest BCUT2D eigenvalue weighted by molar-refractivity contribution is 5.70. The van der Waals surface area contributed by atoms with Crippen LogP contribution in [0.25, 0.3) is 0 Å². The number of amides is 2. The number of fused-ring (bicyclic) bond motifs is 1. The molecule has 0 unspecified atom stereocenters. The molecule has 172 valence electrons. The standard InChI is InChI=1S/C21H27F3N2O5/c1-19(2,3)31-18(28)26-10-15-9-25(12-20(15,4)13-26)17(27)29-11-14-5-7-16(8-6-14)30-21(22,23)24/h5-8,15H,9-13H2,1-4H3/t15-,20-/m0/s1. The lowest BCUT2D eigenvalue weighted by molar-refractivity contribution is -0.274. The fraction of sp³-hybridized carbons (Fsp3) is 0.619. The summed E-state index contributed by atoms with van der Waals surface area (Å²) in [6.07, 6.45) is -5.60. The largest absolute Gasteiger partial charge is 0.573 e. The van der Waals surface area contributed by atoms with Crippen LogP contribution in [0.5, 0.6) is 5.75 Å². The van der Waals surface area contributed by atoms with E-state index in [1.165, 1.54) is 24.3 Å². The summed E-state index contributed by atoms with van der Waals surface area (Å²) in [5.74, 6) is -0.219. The van der Waals surface area contributed by atoms with Gasteiger partial charge in [-0.05, 0) is 38.5 Å². The van der Waals surface area contributed by atoms with E-state index in [2.05, 4.69) is 4.74 Å². The molecule has 0 bridgehead atoms. The van der Waals surface area contributed by atoms with Gasteiger partial charge in [0.2, 0.25) is 0 Å². The fourth-order valence-corrected chi connectivity index (χ4v) is 3.97. The smallest absolute Gasteiger partial charge is 0.445 e. The highest BCUT2D eigenvalue weighted by Crippen LogP contribution is 2.42. The van der Waals surface area contributed by atoms with E-state index in [4.69, 9.17) is 9.47 Å². The van der Waals surface area contributed by atoms with Gasteiger partial charge in [0.1, 0.15) is 18.0 Å². The number of alkyl halides is 3. The van der Waals surface area contributed by atoms with Crippen LogP contribution in [0, 0.1) is 11.3 Å². The van der Waals surface area contributed by atoms with Crippen molar-refractivity contribution in [2.24, 2.45) is 11.3 Å². The summed E-state index contributed by atoms with van der Waals surface area (Å²) in [5.41, 5.74) is -0.265. The minimum atomic E-state index is -4.75. The first-order valence-electron chi connectivity index (χ1n) is 9.98. The van der Waals surface area contributed by atoms with Crippen molar-refractivity contribution in [3.8, 4) is 5.75 Å². The van der Waals surface area contributed by atoms with Crippen molar-refractivity contribution in [2.45, 2.75) is 46.3 Å². The van der Waals surface area contributed by atoms with Crippen LogP contribution in [0.2, 0.25) is 0 Å². The van der Waals surface area contributed by atoms with Crippen LogP contribution >= 0.6 is 0 Å². The van der Waals surface area contributed by atoms with E-state index in [0.29, 0.717) is 31.7 Å². The first kappa shape index (κ1) is 23.0. The second-order valence-corrected chi connectivity index (χ2v) is 9.34. The van der Waals surface area contributed by atoms with Crippen molar-refractivity contribution >= 4 is 12.2 Å². The van der Waals surface area contributed by atoms with Gasteiger partial charge in [0.15, 0.2) is 0 Å². The minimum absolute atomic E-state index is 0.0625. The summed E-state index contributed by atoms with van der Waals surface area (Å²) in [6.45, 7) is 9.35. The molecule has 3 rings (SSSR count). The molecule has 1 aromatic carbocycles. The summed E-state index contributed by atoms with van der Waals surface area (Å²) in [5, 5.41) is 0. The maximum atomic E-state index is 12.5. The lowest BCUT2D eigenvalue weighted by Gasteiger charge is -2.27. The van der Waals surface area contributed by atoms with Gasteiger partial charge in [-0.25, -0.2) is 9.59 Å². The van der Waals surface area contributed by atoms with Crippen LogP contribution in [0.1, 0.15) is 33.3 Å². The van der Waals surface area contributed by atoms with Crippen LogP contribution in [0.4, 0.5) is 22.8 Å². The predicted octanol–water partition coefficient (Wildman–Crippen LogP) is 4.41. The number of likely N-dealkylation sites (tertiary alicyclic amines) is 2. The number of halogens is 3. The Morgan fingerprint density at radius 2 is 1.58 bits per heavy atom. The van der Waals surface area contributed by atoms with Crippen molar-refractivity contribution in [3.63, 3.8) is 0 Å². The number of benzene rings is 1. The Kier molecular flexibility index (Phi) is 6.03. The van der Waals surface area contributed by atoms with Crippen molar-refractivity contribution in [3.05, 3.63) is 29.8 Å². The van der Waals surface area contributed by atoms with E-state index in [0.717, 1.165) is 0 Å². The number of carbonyl (C=O) groups is 2. The highest BCUT2D eigenvalue weighted by atomic mass is 19.4. The first-order chi connectivity index (χ1) is 14.2. The molecule has 2 heterocycles. The van der Waals surface area contributed by atoms with E-state index in [9.17, 15) is 22.8 Å². The molecule has 0 saturated carbocycles. The lowest BCUT2D eigenvalue weighted by Crippen LogP contribution is -2.40. The summed E-state index contributed by atoms with van der Waals surface area (Å²) in [4.78, 5) is 28.1. The topological polar surface area (TPSA) is 68.3 Å². The molecule has 0 aliphatic carbocycles. The minimum Gasteiger partial charge on any atom is -0.445 e. The molecule has 2 aliphatic rings. The number of nitrogens with zero attached hydrogens (tertiary/aromatic N) is 2. The van der Waals surface area contributed by atoms with E-state index in [1.807, 2.05) is 27.7 Å². The van der Waals surface area contributed by atoms with Gasteiger partial charge in [0.05, 0.1) is 0 Å². The molecule has 0 aromatic heterocycles. The third-order valence-corrected chi connectivity index (χ3v) is 5.40. The van der Waals surface area contributed by atoms with Crippen molar-refractivity contribution < 1.29 is 37.0 Å². The lowest BCUT2D eigenvalue weighted by atomic mass is 9.83. The Balaban J connectivity index is 1.49. The summed E-state index contributed by atoms with van der Waals surface area (Å²) in [6, 6.07) is 5.16. The number of hydrogen-bond acceptors (Lipinski definition) is 5. The van der Waals surface area contributed by atoms with Crippen LogP contribution < -0.4 is 4.74 Å². The van der Waals surface area contributed by atoms with Crippen LogP contribution in [-0.2, 0) is 16.1 Å². The number of ether oxygens (including phenoxy) is 3. The van der Waals surface area contributed by atoms with E-state index in [1.54, 1.807) is 9.80 Å². The third-order valence-electron chi connectivity index (χ3n) is 5.40. The zero-order chi connectivity index (χ0) is 23.0.